The van der Waals surface area contributed by atoms with Crippen LogP contribution in [0.5, 0.6) is 0 Å². The van der Waals surface area contributed by atoms with Gasteiger partial charge in [-0.05, 0) is 62.4 Å². The molecule has 0 amide bonds. The molecule has 0 spiro atoms. The number of carboxylic acids is 2. The van der Waals surface area contributed by atoms with E-state index < -0.39 is 11.9 Å². The summed E-state index contributed by atoms with van der Waals surface area (Å²) in [6.07, 6.45) is 4.96. The summed E-state index contributed by atoms with van der Waals surface area (Å²) in [4.78, 5) is 21.8. The number of benzene rings is 1. The minimum atomic E-state index is -1.26. The van der Waals surface area contributed by atoms with Gasteiger partial charge >= 0.3 is 11.9 Å². The van der Waals surface area contributed by atoms with Crippen molar-refractivity contribution >= 4 is 11.9 Å². The highest BCUT2D eigenvalue weighted by Crippen LogP contribution is 2.23. The Kier molecular flexibility index (Phi) is 10.6. The average Bonchev–Trinajstić information content (AvgIpc) is 2.65. The molecule has 1 fully saturated rings. The first-order chi connectivity index (χ1) is 13.6. The summed E-state index contributed by atoms with van der Waals surface area (Å²) in [6, 6.07) is 9.59. The quantitative estimate of drug-likeness (QED) is 0.601. The summed E-state index contributed by atoms with van der Waals surface area (Å²) in [5, 5.41) is 19.1. The van der Waals surface area contributed by atoms with Gasteiger partial charge in [-0.3, -0.25) is 4.90 Å². The van der Waals surface area contributed by atoms with Crippen molar-refractivity contribution in [2.24, 2.45) is 5.41 Å². The molecule has 3 N–H and O–H groups in total. The summed E-state index contributed by atoms with van der Waals surface area (Å²) in [6.45, 7) is 13.9. The minimum absolute atomic E-state index is 0.414. The first-order valence-corrected chi connectivity index (χ1v) is 10.2. The van der Waals surface area contributed by atoms with Crippen LogP contribution in [0.15, 0.2) is 36.4 Å². The van der Waals surface area contributed by atoms with Gasteiger partial charge in [0.15, 0.2) is 0 Å². The van der Waals surface area contributed by atoms with Crippen LogP contribution in [0.25, 0.3) is 0 Å². The third-order valence-electron chi connectivity index (χ3n) is 4.98. The Labute approximate surface area is 174 Å². The van der Waals surface area contributed by atoms with Crippen LogP contribution in [0, 0.1) is 12.3 Å². The molecule has 1 heterocycles. The van der Waals surface area contributed by atoms with Crippen LogP contribution in [0.2, 0.25) is 0 Å². The Morgan fingerprint density at radius 2 is 1.66 bits per heavy atom. The summed E-state index contributed by atoms with van der Waals surface area (Å²) < 4.78 is 0. The molecule has 1 aliphatic heterocycles. The summed E-state index contributed by atoms with van der Waals surface area (Å²) in [5.41, 5.74) is 3.33. The van der Waals surface area contributed by atoms with Gasteiger partial charge in [-0.1, -0.05) is 45.0 Å². The molecule has 0 atom stereocenters. The molecule has 0 aromatic heterocycles. The fraction of sp³-hybridized carbons (Fsp3) is 0.565. The monoisotopic (exact) mass is 404 g/mol. The van der Waals surface area contributed by atoms with E-state index in [0.717, 1.165) is 12.6 Å². The van der Waals surface area contributed by atoms with Crippen molar-refractivity contribution in [1.29, 1.82) is 0 Å². The summed E-state index contributed by atoms with van der Waals surface area (Å²) >= 11 is 0. The van der Waals surface area contributed by atoms with Crippen LogP contribution in [0.3, 0.4) is 0 Å². The highest BCUT2D eigenvalue weighted by Gasteiger charge is 2.23. The van der Waals surface area contributed by atoms with Crippen LogP contribution in [-0.2, 0) is 16.1 Å². The number of aliphatic carboxylic acids is 2. The van der Waals surface area contributed by atoms with Gasteiger partial charge in [0.25, 0.3) is 0 Å². The predicted octanol–water partition coefficient (Wildman–Crippen LogP) is 3.70. The number of rotatable bonds is 7. The fourth-order valence-electron chi connectivity index (χ4n) is 3.19. The van der Waals surface area contributed by atoms with E-state index in [0.29, 0.717) is 17.6 Å². The zero-order valence-corrected chi connectivity index (χ0v) is 18.1. The van der Waals surface area contributed by atoms with Crippen molar-refractivity contribution in [3.63, 3.8) is 0 Å². The predicted molar refractivity (Wildman–Crippen MR) is 116 cm³/mol. The lowest BCUT2D eigenvalue weighted by Crippen LogP contribution is -2.43. The Bertz CT molecular complexity index is 658. The van der Waals surface area contributed by atoms with Crippen molar-refractivity contribution in [3.05, 3.63) is 47.5 Å². The van der Waals surface area contributed by atoms with Gasteiger partial charge in [-0.2, -0.15) is 0 Å². The van der Waals surface area contributed by atoms with E-state index in [9.17, 15) is 9.59 Å². The van der Waals surface area contributed by atoms with Crippen molar-refractivity contribution < 1.29 is 19.8 Å². The molecule has 0 unspecified atom stereocenters. The van der Waals surface area contributed by atoms with Crippen LogP contribution in [0.4, 0.5) is 0 Å². The largest absolute Gasteiger partial charge is 0.478 e. The van der Waals surface area contributed by atoms with Gasteiger partial charge < -0.3 is 15.5 Å². The molecule has 162 valence electrons. The Morgan fingerprint density at radius 1 is 1.10 bits per heavy atom. The van der Waals surface area contributed by atoms with Gasteiger partial charge in [-0.15, -0.1) is 0 Å². The van der Waals surface area contributed by atoms with Crippen molar-refractivity contribution in [2.75, 3.05) is 19.6 Å². The van der Waals surface area contributed by atoms with Gasteiger partial charge in [-0.25, -0.2) is 9.59 Å². The van der Waals surface area contributed by atoms with Crippen LogP contribution < -0.4 is 5.32 Å². The SMILES string of the molecule is Cc1ccccc1CN(CCC(C)(C)C)C1CCNCC1.O=C(O)/C=C/C(=O)O. The third-order valence-corrected chi connectivity index (χ3v) is 4.98. The normalized spacial score (nSPS) is 15.2. The maximum Gasteiger partial charge on any atom is 0.328 e. The van der Waals surface area contributed by atoms with E-state index in [1.54, 1.807) is 0 Å². The topological polar surface area (TPSA) is 89.9 Å². The molecule has 0 bridgehead atoms. The van der Waals surface area contributed by atoms with E-state index in [1.807, 2.05) is 0 Å². The van der Waals surface area contributed by atoms with Crippen LogP contribution in [-0.4, -0.2) is 52.7 Å². The molecule has 0 aliphatic carbocycles. The number of aryl methyl sites for hydroxylation is 1. The summed E-state index contributed by atoms with van der Waals surface area (Å²) in [7, 11) is 0. The zero-order chi connectivity index (χ0) is 21.9. The highest BCUT2D eigenvalue weighted by atomic mass is 16.4. The van der Waals surface area contributed by atoms with E-state index in [1.165, 1.54) is 50.0 Å². The second-order valence-corrected chi connectivity index (χ2v) is 8.70. The number of nitrogens with zero attached hydrogens (tertiary/aromatic N) is 1. The molecule has 1 aliphatic rings. The number of carbonyl (C=O) groups is 2. The Balaban J connectivity index is 0.000000447. The molecule has 1 aromatic carbocycles. The number of hydrogen-bond donors (Lipinski definition) is 3. The maximum atomic E-state index is 9.55. The number of piperidine rings is 1. The second-order valence-electron chi connectivity index (χ2n) is 8.70. The number of hydrogen-bond acceptors (Lipinski definition) is 4. The lowest BCUT2D eigenvalue weighted by atomic mass is 9.91. The fourth-order valence-corrected chi connectivity index (χ4v) is 3.19. The van der Waals surface area contributed by atoms with Crippen LogP contribution >= 0.6 is 0 Å². The lowest BCUT2D eigenvalue weighted by molar-refractivity contribution is -0.134. The number of nitrogens with one attached hydrogen (secondary N) is 1. The van der Waals surface area contributed by atoms with E-state index in [4.69, 9.17) is 10.2 Å². The van der Waals surface area contributed by atoms with Gasteiger partial charge in [0, 0.05) is 24.7 Å². The average molecular weight is 405 g/mol. The zero-order valence-electron chi connectivity index (χ0n) is 18.1. The van der Waals surface area contributed by atoms with Gasteiger partial charge in [0.1, 0.15) is 0 Å². The van der Waals surface area contributed by atoms with Gasteiger partial charge in [0.05, 0.1) is 0 Å². The Hall–Kier alpha value is -2.18. The summed E-state index contributed by atoms with van der Waals surface area (Å²) in [5.74, 6) is -2.51. The standard InChI is InChI=1S/C19H32N2.C4H4O4/c1-16-7-5-6-8-17(16)15-21(14-11-19(2,3)4)18-9-12-20-13-10-18;5-3(6)1-2-4(7)8/h5-8,18,20H,9-15H2,1-4H3;1-2H,(H,5,6)(H,7,8)/b;2-1+. The number of carboxylic acid groups (broad SMARTS) is 2. The molecule has 29 heavy (non-hydrogen) atoms. The lowest BCUT2D eigenvalue weighted by Gasteiger charge is -2.36. The smallest absolute Gasteiger partial charge is 0.328 e. The molecule has 2 rings (SSSR count). The van der Waals surface area contributed by atoms with Crippen LogP contribution in [0.1, 0.15) is 51.2 Å². The molecular formula is C23H36N2O4. The van der Waals surface area contributed by atoms with Crippen molar-refractivity contribution in [2.45, 2.75) is 59.5 Å². The van der Waals surface area contributed by atoms with E-state index in [2.05, 4.69) is 62.2 Å². The third kappa shape index (κ3) is 11.4. The van der Waals surface area contributed by atoms with E-state index in [-0.39, 0.29) is 0 Å². The molecule has 1 saturated heterocycles. The molecule has 0 radical (unpaired) electrons. The Morgan fingerprint density at radius 3 is 2.14 bits per heavy atom. The highest BCUT2D eigenvalue weighted by molar-refractivity contribution is 5.89. The molecule has 1 aromatic rings. The first-order valence-electron chi connectivity index (χ1n) is 10.2. The maximum absolute atomic E-state index is 9.55. The van der Waals surface area contributed by atoms with Gasteiger partial charge in [0.2, 0.25) is 0 Å². The molecule has 0 saturated carbocycles. The molecule has 6 heteroatoms. The molecule has 6 nitrogen and oxygen atoms in total. The van der Waals surface area contributed by atoms with Crippen molar-refractivity contribution in [3.8, 4) is 0 Å². The second kappa shape index (κ2) is 12.4. The van der Waals surface area contributed by atoms with Crippen molar-refractivity contribution in [1.82, 2.24) is 10.2 Å². The molecular weight excluding hydrogens is 368 g/mol. The van der Waals surface area contributed by atoms with E-state index >= 15 is 0 Å². The first kappa shape index (κ1) is 24.9. The minimum Gasteiger partial charge on any atom is -0.478 e.